The van der Waals surface area contributed by atoms with Crippen LogP contribution in [0.15, 0.2) is 0 Å². The van der Waals surface area contributed by atoms with Gasteiger partial charge in [0, 0.05) is 31.6 Å². The highest BCUT2D eigenvalue weighted by atomic mass is 15.3. The van der Waals surface area contributed by atoms with Gasteiger partial charge in [0.05, 0.1) is 0 Å². The van der Waals surface area contributed by atoms with E-state index >= 15 is 0 Å². The molecule has 1 aliphatic carbocycles. The molecule has 1 aromatic rings. The lowest BCUT2D eigenvalue weighted by molar-refractivity contribution is 0.599. The van der Waals surface area contributed by atoms with Crippen molar-refractivity contribution in [3.05, 3.63) is 11.4 Å². The van der Waals surface area contributed by atoms with E-state index in [9.17, 15) is 0 Å². The van der Waals surface area contributed by atoms with Crippen molar-refractivity contribution in [2.45, 2.75) is 59.4 Å². The molecule has 4 nitrogen and oxygen atoms in total. The van der Waals surface area contributed by atoms with Gasteiger partial charge in [-0.15, -0.1) is 0 Å². The largest absolute Gasteiger partial charge is 0.373 e. The summed E-state index contributed by atoms with van der Waals surface area (Å²) < 4.78 is 0. The third-order valence-corrected chi connectivity index (χ3v) is 3.70. The van der Waals surface area contributed by atoms with Crippen molar-refractivity contribution in [2.75, 3.05) is 23.8 Å². The van der Waals surface area contributed by atoms with Gasteiger partial charge in [-0.1, -0.05) is 20.8 Å². The first kappa shape index (κ1) is 15.1. The summed E-state index contributed by atoms with van der Waals surface area (Å²) in [5.74, 6) is 3.74. The van der Waals surface area contributed by atoms with Crippen LogP contribution in [-0.2, 0) is 6.42 Å². The van der Waals surface area contributed by atoms with Crippen LogP contribution < -0.4 is 10.2 Å². The van der Waals surface area contributed by atoms with E-state index in [-0.39, 0.29) is 0 Å². The Labute approximate surface area is 123 Å². The maximum Gasteiger partial charge on any atom is 0.137 e. The summed E-state index contributed by atoms with van der Waals surface area (Å²) in [5, 5.41) is 3.22. The number of anilines is 2. The molecule has 20 heavy (non-hydrogen) atoms. The summed E-state index contributed by atoms with van der Waals surface area (Å²) in [6, 6.07) is 0.685. The van der Waals surface area contributed by atoms with Crippen LogP contribution in [0.25, 0.3) is 0 Å². The van der Waals surface area contributed by atoms with Crippen molar-refractivity contribution in [3.8, 4) is 0 Å². The van der Waals surface area contributed by atoms with E-state index in [0.29, 0.717) is 12.0 Å². The molecule has 1 aliphatic rings. The van der Waals surface area contributed by atoms with Crippen molar-refractivity contribution in [3.63, 3.8) is 0 Å². The van der Waals surface area contributed by atoms with Gasteiger partial charge in [-0.3, -0.25) is 0 Å². The second-order valence-electron chi connectivity index (χ2n) is 6.21. The summed E-state index contributed by atoms with van der Waals surface area (Å²) in [7, 11) is 1.94. The molecule has 1 heterocycles. The molecule has 2 rings (SSSR count). The molecule has 0 atom stereocenters. The zero-order valence-corrected chi connectivity index (χ0v) is 13.5. The van der Waals surface area contributed by atoms with Crippen molar-refractivity contribution < 1.29 is 0 Å². The van der Waals surface area contributed by atoms with Crippen LogP contribution >= 0.6 is 0 Å². The summed E-state index contributed by atoms with van der Waals surface area (Å²) in [6.45, 7) is 9.94. The minimum absolute atomic E-state index is 0.651. The summed E-state index contributed by atoms with van der Waals surface area (Å²) in [4.78, 5) is 12.0. The van der Waals surface area contributed by atoms with Gasteiger partial charge in [0.25, 0.3) is 0 Å². The standard InChI is InChI=1S/C16H28N4/c1-6-7-14-18-15(17-5)12(4)16(19-14)20(10-11(2)3)13-8-9-13/h11,13H,6-10H2,1-5H3,(H,17,18,19). The topological polar surface area (TPSA) is 41.1 Å². The monoisotopic (exact) mass is 276 g/mol. The predicted octanol–water partition coefficient (Wildman–Crippen LogP) is 3.40. The van der Waals surface area contributed by atoms with Gasteiger partial charge in [-0.2, -0.15) is 0 Å². The Morgan fingerprint density at radius 2 is 2.00 bits per heavy atom. The quantitative estimate of drug-likeness (QED) is 0.828. The number of nitrogens with zero attached hydrogens (tertiary/aromatic N) is 3. The van der Waals surface area contributed by atoms with Crippen molar-refractivity contribution in [1.29, 1.82) is 0 Å². The molecule has 1 aromatic heterocycles. The first-order valence-corrected chi connectivity index (χ1v) is 7.88. The summed E-state index contributed by atoms with van der Waals surface area (Å²) >= 11 is 0. The normalized spacial score (nSPS) is 14.7. The van der Waals surface area contributed by atoms with Crippen molar-refractivity contribution in [1.82, 2.24) is 9.97 Å². The Hall–Kier alpha value is -1.32. The van der Waals surface area contributed by atoms with Crippen molar-refractivity contribution in [2.24, 2.45) is 5.92 Å². The van der Waals surface area contributed by atoms with Crippen LogP contribution in [0.3, 0.4) is 0 Å². The second kappa shape index (κ2) is 6.42. The van der Waals surface area contributed by atoms with E-state index in [0.717, 1.165) is 36.8 Å². The molecule has 0 radical (unpaired) electrons. The maximum absolute atomic E-state index is 4.86. The molecule has 4 heteroatoms. The molecule has 0 spiro atoms. The average Bonchev–Trinajstić information content (AvgIpc) is 3.22. The van der Waals surface area contributed by atoms with E-state index in [4.69, 9.17) is 4.98 Å². The number of nitrogens with one attached hydrogen (secondary N) is 1. The van der Waals surface area contributed by atoms with Crippen LogP contribution in [0.2, 0.25) is 0 Å². The van der Waals surface area contributed by atoms with E-state index in [1.165, 1.54) is 18.4 Å². The molecule has 0 unspecified atom stereocenters. The third-order valence-electron chi connectivity index (χ3n) is 3.70. The molecule has 112 valence electrons. The van der Waals surface area contributed by atoms with E-state index in [1.54, 1.807) is 0 Å². The highest BCUT2D eigenvalue weighted by Gasteiger charge is 2.32. The van der Waals surface area contributed by atoms with E-state index in [1.807, 2.05) is 7.05 Å². The Balaban J connectivity index is 2.38. The molecule has 0 saturated heterocycles. The Bertz CT molecular complexity index is 452. The van der Waals surface area contributed by atoms with E-state index < -0.39 is 0 Å². The molecule has 0 aliphatic heterocycles. The fourth-order valence-electron chi connectivity index (χ4n) is 2.60. The van der Waals surface area contributed by atoms with Crippen LogP contribution in [0.1, 0.15) is 51.4 Å². The minimum Gasteiger partial charge on any atom is -0.373 e. The van der Waals surface area contributed by atoms with Crippen LogP contribution in [0.4, 0.5) is 11.6 Å². The number of rotatable bonds is 7. The molecule has 0 bridgehead atoms. The van der Waals surface area contributed by atoms with Gasteiger partial charge in [-0.25, -0.2) is 9.97 Å². The molecule has 1 N–H and O–H groups in total. The lowest BCUT2D eigenvalue weighted by atomic mass is 10.2. The smallest absolute Gasteiger partial charge is 0.137 e. The van der Waals surface area contributed by atoms with Crippen molar-refractivity contribution >= 4 is 11.6 Å². The number of hydrogen-bond donors (Lipinski definition) is 1. The first-order chi connectivity index (χ1) is 9.56. The highest BCUT2D eigenvalue weighted by molar-refractivity contribution is 5.59. The van der Waals surface area contributed by atoms with Gasteiger partial charge in [0.2, 0.25) is 0 Å². The molecule has 1 fully saturated rings. The van der Waals surface area contributed by atoms with E-state index in [2.05, 4.69) is 42.9 Å². The number of hydrogen-bond acceptors (Lipinski definition) is 4. The average molecular weight is 276 g/mol. The maximum atomic E-state index is 4.86. The molecular formula is C16H28N4. The van der Waals surface area contributed by atoms with Crippen LogP contribution in [0.5, 0.6) is 0 Å². The summed E-state index contributed by atoms with van der Waals surface area (Å²) in [5.41, 5.74) is 1.18. The molecule has 1 saturated carbocycles. The number of aryl methyl sites for hydroxylation is 1. The molecule has 0 aromatic carbocycles. The fourth-order valence-corrected chi connectivity index (χ4v) is 2.60. The van der Waals surface area contributed by atoms with Gasteiger partial charge >= 0.3 is 0 Å². The predicted molar refractivity (Wildman–Crippen MR) is 85.5 cm³/mol. The molecule has 0 amide bonds. The van der Waals surface area contributed by atoms with Crippen LogP contribution in [-0.4, -0.2) is 29.6 Å². The van der Waals surface area contributed by atoms with Gasteiger partial charge in [-0.05, 0) is 32.1 Å². The Morgan fingerprint density at radius 1 is 1.30 bits per heavy atom. The summed E-state index contributed by atoms with van der Waals surface area (Å²) in [6.07, 6.45) is 4.63. The lowest BCUT2D eigenvalue weighted by Crippen LogP contribution is -2.32. The zero-order chi connectivity index (χ0) is 14.7. The van der Waals surface area contributed by atoms with Gasteiger partial charge in [0.15, 0.2) is 0 Å². The van der Waals surface area contributed by atoms with Gasteiger partial charge in [0.1, 0.15) is 17.5 Å². The number of aromatic nitrogens is 2. The SMILES string of the molecule is CCCc1nc(NC)c(C)c(N(CC(C)C)C2CC2)n1. The molecular weight excluding hydrogens is 248 g/mol. The first-order valence-electron chi connectivity index (χ1n) is 7.88. The Kier molecular flexibility index (Phi) is 4.84. The minimum atomic E-state index is 0.651. The van der Waals surface area contributed by atoms with Gasteiger partial charge < -0.3 is 10.2 Å². The second-order valence-corrected chi connectivity index (χ2v) is 6.21. The zero-order valence-electron chi connectivity index (χ0n) is 13.5. The third kappa shape index (κ3) is 3.41. The lowest BCUT2D eigenvalue weighted by Gasteiger charge is -2.28. The fraction of sp³-hybridized carbons (Fsp3) is 0.750. The highest BCUT2D eigenvalue weighted by Crippen LogP contribution is 2.34. The van der Waals surface area contributed by atoms with Crippen LogP contribution in [0, 0.1) is 12.8 Å². The Morgan fingerprint density at radius 3 is 2.50 bits per heavy atom.